The minimum Gasteiger partial charge on any atom is -0.322 e. The van der Waals surface area contributed by atoms with E-state index in [0.717, 1.165) is 0 Å². The van der Waals surface area contributed by atoms with Gasteiger partial charge in [-0.3, -0.25) is 9.69 Å². The van der Waals surface area contributed by atoms with Crippen LogP contribution >= 0.6 is 23.2 Å². The van der Waals surface area contributed by atoms with Crippen LogP contribution in [0.1, 0.15) is 6.92 Å². The van der Waals surface area contributed by atoms with E-state index in [1.165, 1.54) is 10.4 Å². The standard InChI is InChI=1S/C18H20Cl2N4O3S/c1-13(18(25)22-15-6-4-8-21-17(15)20)23-9-11-24(12-10-23)28(26,27)16-7-3-2-5-14(16)19/h2-8,13H,9-12H2,1H3,(H,22,25). The SMILES string of the molecule is CC(C(=O)Nc1cccnc1Cl)N1CCN(S(=O)(=O)c2ccccc2Cl)CC1. The predicted octanol–water partition coefficient (Wildman–Crippen LogP) is 2.72. The van der Waals surface area contributed by atoms with Crippen LogP contribution in [-0.2, 0) is 14.8 Å². The Hall–Kier alpha value is -1.71. The minimum atomic E-state index is -3.67. The van der Waals surface area contributed by atoms with E-state index in [2.05, 4.69) is 10.3 Å². The normalized spacial score (nSPS) is 17.2. The molecule has 1 aromatic heterocycles. The number of anilines is 1. The lowest BCUT2D eigenvalue weighted by atomic mass is 10.2. The highest BCUT2D eigenvalue weighted by atomic mass is 35.5. The van der Waals surface area contributed by atoms with Crippen molar-refractivity contribution in [1.29, 1.82) is 0 Å². The van der Waals surface area contributed by atoms with Crippen molar-refractivity contribution in [1.82, 2.24) is 14.2 Å². The zero-order valence-electron chi connectivity index (χ0n) is 15.2. The van der Waals surface area contributed by atoms with Gasteiger partial charge in [0, 0.05) is 32.4 Å². The number of pyridine rings is 1. The van der Waals surface area contributed by atoms with E-state index >= 15 is 0 Å². The van der Waals surface area contributed by atoms with Gasteiger partial charge in [-0.1, -0.05) is 35.3 Å². The highest BCUT2D eigenvalue weighted by Crippen LogP contribution is 2.25. The molecule has 0 saturated carbocycles. The van der Waals surface area contributed by atoms with Gasteiger partial charge >= 0.3 is 0 Å². The summed E-state index contributed by atoms with van der Waals surface area (Å²) in [5, 5.41) is 3.18. The average molecular weight is 443 g/mol. The number of nitrogens with one attached hydrogen (secondary N) is 1. The first-order valence-electron chi connectivity index (χ1n) is 8.71. The van der Waals surface area contributed by atoms with E-state index in [9.17, 15) is 13.2 Å². The molecule has 1 fully saturated rings. The van der Waals surface area contributed by atoms with Gasteiger partial charge in [0.25, 0.3) is 0 Å². The molecule has 1 atom stereocenters. The van der Waals surface area contributed by atoms with Crippen LogP contribution in [0.25, 0.3) is 0 Å². The molecule has 1 amide bonds. The molecular weight excluding hydrogens is 423 g/mol. The third kappa shape index (κ3) is 4.47. The summed E-state index contributed by atoms with van der Waals surface area (Å²) in [5.41, 5.74) is 0.445. The molecule has 1 aromatic carbocycles. The number of carbonyl (C=O) groups is 1. The number of rotatable bonds is 5. The number of aromatic nitrogens is 1. The predicted molar refractivity (Wildman–Crippen MR) is 109 cm³/mol. The summed E-state index contributed by atoms with van der Waals surface area (Å²) in [5.74, 6) is -0.225. The summed E-state index contributed by atoms with van der Waals surface area (Å²) in [6.07, 6.45) is 1.54. The number of amides is 1. The molecular formula is C18H20Cl2N4O3S. The Morgan fingerprint density at radius 2 is 1.79 bits per heavy atom. The van der Waals surface area contributed by atoms with Crippen LogP contribution < -0.4 is 5.32 Å². The number of nitrogens with zero attached hydrogens (tertiary/aromatic N) is 3. The number of hydrogen-bond acceptors (Lipinski definition) is 5. The summed E-state index contributed by atoms with van der Waals surface area (Å²) in [7, 11) is -3.67. The van der Waals surface area contributed by atoms with Crippen molar-refractivity contribution in [3.63, 3.8) is 0 Å². The highest BCUT2D eigenvalue weighted by molar-refractivity contribution is 7.89. The number of hydrogen-bond donors (Lipinski definition) is 1. The molecule has 0 radical (unpaired) electrons. The number of piperazine rings is 1. The molecule has 2 heterocycles. The number of sulfonamides is 1. The van der Waals surface area contributed by atoms with Crippen molar-refractivity contribution < 1.29 is 13.2 Å². The number of carbonyl (C=O) groups excluding carboxylic acids is 1. The summed E-state index contributed by atoms with van der Waals surface area (Å²) in [6, 6.07) is 9.30. The smallest absolute Gasteiger partial charge is 0.244 e. The zero-order chi connectivity index (χ0) is 20.3. The lowest BCUT2D eigenvalue weighted by Gasteiger charge is -2.36. The van der Waals surface area contributed by atoms with Crippen LogP contribution in [0.15, 0.2) is 47.5 Å². The third-order valence-corrected chi connectivity index (χ3v) is 7.37. The number of halogens is 2. The van der Waals surface area contributed by atoms with Crippen LogP contribution in [0.5, 0.6) is 0 Å². The molecule has 150 valence electrons. The van der Waals surface area contributed by atoms with Crippen LogP contribution in [0.2, 0.25) is 10.2 Å². The van der Waals surface area contributed by atoms with Crippen LogP contribution in [0.4, 0.5) is 5.69 Å². The Balaban J connectivity index is 1.62. The van der Waals surface area contributed by atoms with Gasteiger partial charge in [0.1, 0.15) is 4.90 Å². The molecule has 0 aliphatic carbocycles. The maximum Gasteiger partial charge on any atom is 0.244 e. The molecule has 1 saturated heterocycles. The molecule has 10 heteroatoms. The van der Waals surface area contributed by atoms with Gasteiger partial charge < -0.3 is 5.32 Å². The monoisotopic (exact) mass is 442 g/mol. The summed E-state index contributed by atoms with van der Waals surface area (Å²) in [4.78, 5) is 18.5. The van der Waals surface area contributed by atoms with Gasteiger partial charge in [-0.25, -0.2) is 13.4 Å². The Morgan fingerprint density at radius 3 is 2.43 bits per heavy atom. The van der Waals surface area contributed by atoms with Gasteiger partial charge in [0.2, 0.25) is 15.9 Å². The largest absolute Gasteiger partial charge is 0.322 e. The van der Waals surface area contributed by atoms with E-state index < -0.39 is 16.1 Å². The van der Waals surface area contributed by atoms with Crippen molar-refractivity contribution in [2.24, 2.45) is 0 Å². The molecule has 3 rings (SSSR count). The molecule has 1 N–H and O–H groups in total. The van der Waals surface area contributed by atoms with Gasteiger partial charge in [-0.2, -0.15) is 4.31 Å². The Kier molecular flexibility index (Phi) is 6.57. The second kappa shape index (κ2) is 8.75. The van der Waals surface area contributed by atoms with Crippen molar-refractivity contribution in [3.8, 4) is 0 Å². The molecule has 7 nitrogen and oxygen atoms in total. The second-order valence-electron chi connectivity index (χ2n) is 6.38. The molecule has 1 unspecified atom stereocenters. The van der Waals surface area contributed by atoms with E-state index in [4.69, 9.17) is 23.2 Å². The fraction of sp³-hybridized carbons (Fsp3) is 0.333. The quantitative estimate of drug-likeness (QED) is 0.719. The van der Waals surface area contributed by atoms with Crippen molar-refractivity contribution in [2.45, 2.75) is 17.9 Å². The van der Waals surface area contributed by atoms with Crippen molar-refractivity contribution in [2.75, 3.05) is 31.5 Å². The van der Waals surface area contributed by atoms with Gasteiger partial charge in [0.15, 0.2) is 5.15 Å². The topological polar surface area (TPSA) is 82.6 Å². The Morgan fingerprint density at radius 1 is 1.11 bits per heavy atom. The molecule has 2 aromatic rings. The second-order valence-corrected chi connectivity index (χ2v) is 9.05. The van der Waals surface area contributed by atoms with Crippen LogP contribution in [-0.4, -0.2) is 60.7 Å². The maximum absolute atomic E-state index is 12.8. The third-order valence-electron chi connectivity index (χ3n) is 4.67. The minimum absolute atomic E-state index is 0.0992. The van der Waals surface area contributed by atoms with Gasteiger partial charge in [0.05, 0.1) is 16.8 Å². The highest BCUT2D eigenvalue weighted by Gasteiger charge is 2.32. The van der Waals surface area contributed by atoms with E-state index in [0.29, 0.717) is 18.8 Å². The van der Waals surface area contributed by atoms with Crippen LogP contribution in [0.3, 0.4) is 0 Å². The van der Waals surface area contributed by atoms with E-state index in [-0.39, 0.29) is 34.1 Å². The molecule has 28 heavy (non-hydrogen) atoms. The Labute approximate surface area is 174 Å². The van der Waals surface area contributed by atoms with E-state index in [1.807, 2.05) is 4.90 Å². The van der Waals surface area contributed by atoms with E-state index in [1.54, 1.807) is 43.5 Å². The molecule has 1 aliphatic heterocycles. The lowest BCUT2D eigenvalue weighted by Crippen LogP contribution is -2.53. The summed E-state index contributed by atoms with van der Waals surface area (Å²) >= 11 is 12.0. The zero-order valence-corrected chi connectivity index (χ0v) is 17.5. The first-order valence-corrected chi connectivity index (χ1v) is 10.9. The fourth-order valence-electron chi connectivity index (χ4n) is 3.01. The molecule has 0 spiro atoms. The van der Waals surface area contributed by atoms with Crippen LogP contribution in [0, 0.1) is 0 Å². The van der Waals surface area contributed by atoms with Crippen molar-refractivity contribution >= 4 is 44.8 Å². The fourth-order valence-corrected chi connectivity index (χ4v) is 5.09. The van der Waals surface area contributed by atoms with Gasteiger partial charge in [-0.15, -0.1) is 0 Å². The maximum atomic E-state index is 12.8. The molecule has 0 bridgehead atoms. The lowest BCUT2D eigenvalue weighted by molar-refractivity contribution is -0.121. The summed E-state index contributed by atoms with van der Waals surface area (Å²) < 4.78 is 27.0. The molecule has 1 aliphatic rings. The summed E-state index contributed by atoms with van der Waals surface area (Å²) in [6.45, 7) is 3.19. The first kappa shape index (κ1) is 21.0. The average Bonchev–Trinajstić information content (AvgIpc) is 2.69. The van der Waals surface area contributed by atoms with Crippen molar-refractivity contribution in [3.05, 3.63) is 52.8 Å². The number of benzene rings is 1. The van der Waals surface area contributed by atoms with Gasteiger partial charge in [-0.05, 0) is 31.2 Å². The Bertz CT molecular complexity index is 963. The first-order chi connectivity index (χ1) is 13.3.